The van der Waals surface area contributed by atoms with Gasteiger partial charge in [-0.1, -0.05) is 37.6 Å². The second-order valence-electron chi connectivity index (χ2n) is 7.54. The van der Waals surface area contributed by atoms with Crippen LogP contribution in [0.2, 0.25) is 5.02 Å². The van der Waals surface area contributed by atoms with E-state index in [4.69, 9.17) is 16.3 Å². The lowest BCUT2D eigenvalue weighted by Crippen LogP contribution is -2.07. The second kappa shape index (κ2) is 9.94. The number of rotatable bonds is 8. The average Bonchev–Trinajstić information content (AvgIpc) is 2.71. The Labute approximate surface area is 192 Å². The quantitative estimate of drug-likeness (QED) is 0.289. The Hall–Kier alpha value is -2.21. The summed E-state index contributed by atoms with van der Waals surface area (Å²) in [5.74, 6) is 1.43. The number of benzene rings is 2. The third-order valence-corrected chi connectivity index (χ3v) is 7.18. The Kier molecular flexibility index (Phi) is 7.52. The number of nitrogens with zero attached hydrogens (tertiary/aromatic N) is 2. The highest BCUT2D eigenvalue weighted by Gasteiger charge is 2.16. The first kappa shape index (κ1) is 23.5. The first-order chi connectivity index (χ1) is 14.7. The molecule has 164 valence electrons. The number of methoxy groups -OCH3 is 1. The van der Waals surface area contributed by atoms with Gasteiger partial charge in [0, 0.05) is 15.4 Å². The van der Waals surface area contributed by atoms with Crippen molar-refractivity contribution in [1.29, 1.82) is 0 Å². The van der Waals surface area contributed by atoms with Gasteiger partial charge in [-0.15, -0.1) is 11.8 Å². The highest BCUT2D eigenvalue weighted by molar-refractivity contribution is 8.00. The predicted octanol–water partition coefficient (Wildman–Crippen LogP) is 6.37. The van der Waals surface area contributed by atoms with Crippen molar-refractivity contribution in [2.24, 2.45) is 0 Å². The van der Waals surface area contributed by atoms with E-state index in [1.807, 2.05) is 30.3 Å². The summed E-state index contributed by atoms with van der Waals surface area (Å²) in [7, 11) is -0.828. The Morgan fingerprint density at radius 3 is 2.52 bits per heavy atom. The molecule has 1 aromatic heterocycles. The maximum Gasteiger partial charge on any atom is 0.229 e. The molecular weight excluding hydrogens is 451 g/mol. The molecule has 2 aromatic carbocycles. The van der Waals surface area contributed by atoms with Crippen molar-refractivity contribution < 1.29 is 9.30 Å². The minimum absolute atomic E-state index is 0.364. The van der Waals surface area contributed by atoms with Crippen LogP contribution in [-0.4, -0.2) is 35.7 Å². The minimum Gasteiger partial charge on any atom is -0.495 e. The van der Waals surface area contributed by atoms with Crippen molar-refractivity contribution in [3.63, 3.8) is 0 Å². The van der Waals surface area contributed by atoms with Gasteiger partial charge in [-0.25, -0.2) is 4.98 Å². The molecule has 6 nitrogen and oxygen atoms in total. The molecule has 0 aliphatic heterocycles. The fourth-order valence-corrected chi connectivity index (χ4v) is 4.72. The number of anilines is 4. The molecule has 0 radical (unpaired) electrons. The van der Waals surface area contributed by atoms with Gasteiger partial charge in [-0.2, -0.15) is 4.98 Å². The number of ether oxygens (including phenoxy) is 1. The minimum atomic E-state index is -2.40. The lowest BCUT2D eigenvalue weighted by atomic mass is 10.3. The van der Waals surface area contributed by atoms with Crippen LogP contribution in [-0.2, 0) is 4.57 Å². The summed E-state index contributed by atoms with van der Waals surface area (Å²) in [5.41, 5.74) is 1.60. The highest BCUT2D eigenvalue weighted by atomic mass is 35.5. The van der Waals surface area contributed by atoms with E-state index in [2.05, 4.69) is 40.5 Å². The monoisotopic (exact) mass is 476 g/mol. The number of halogens is 1. The second-order valence-corrected chi connectivity index (χ2v) is 12.8. The molecule has 1 heterocycles. The van der Waals surface area contributed by atoms with E-state index in [-0.39, 0.29) is 0 Å². The van der Waals surface area contributed by atoms with Gasteiger partial charge in [0.05, 0.1) is 24.7 Å². The van der Waals surface area contributed by atoms with Gasteiger partial charge < -0.3 is 19.9 Å². The van der Waals surface area contributed by atoms with E-state index >= 15 is 0 Å². The fraction of sp³-hybridized carbons (Fsp3) is 0.273. The SMILES string of the molecule is COc1cc(P(C)(C)=O)ccc1Nc1ncc(Cl)c(Nc2ccccc2SC(C)C)n1. The Balaban J connectivity index is 1.88. The molecule has 0 saturated heterocycles. The summed E-state index contributed by atoms with van der Waals surface area (Å²) >= 11 is 8.12. The first-order valence-corrected chi connectivity index (χ1v) is 13.6. The maximum absolute atomic E-state index is 12.4. The molecular formula is C22H26ClN4O2PS. The van der Waals surface area contributed by atoms with Crippen molar-refractivity contribution >= 4 is 59.0 Å². The van der Waals surface area contributed by atoms with Crippen LogP contribution in [0.15, 0.2) is 53.6 Å². The highest BCUT2D eigenvalue weighted by Crippen LogP contribution is 2.38. The van der Waals surface area contributed by atoms with Crippen LogP contribution >= 0.6 is 30.5 Å². The van der Waals surface area contributed by atoms with E-state index in [1.54, 1.807) is 44.5 Å². The molecule has 0 unspecified atom stereocenters. The molecule has 0 fully saturated rings. The third-order valence-electron chi connectivity index (χ3n) is 4.30. The molecule has 0 atom stereocenters. The Morgan fingerprint density at radius 2 is 1.84 bits per heavy atom. The number of thioether (sulfide) groups is 1. The summed E-state index contributed by atoms with van der Waals surface area (Å²) in [4.78, 5) is 9.94. The average molecular weight is 477 g/mol. The standard InChI is InChI=1S/C22H26ClN4O2PS/c1-14(2)31-20-9-7-6-8-18(20)25-21-16(23)13-24-22(27-21)26-17-11-10-15(30(4,5)28)12-19(17)29-3/h6-14H,1-5H3,(H2,24,25,26,27). The topological polar surface area (TPSA) is 76.1 Å². The van der Waals surface area contributed by atoms with Gasteiger partial charge in [0.2, 0.25) is 5.95 Å². The molecule has 31 heavy (non-hydrogen) atoms. The summed E-state index contributed by atoms with van der Waals surface area (Å²) < 4.78 is 17.9. The third kappa shape index (κ3) is 6.16. The summed E-state index contributed by atoms with van der Waals surface area (Å²) in [6.45, 7) is 7.75. The smallest absolute Gasteiger partial charge is 0.229 e. The van der Waals surface area contributed by atoms with Gasteiger partial charge in [0.15, 0.2) is 5.82 Å². The van der Waals surface area contributed by atoms with E-state index in [0.717, 1.165) is 15.9 Å². The van der Waals surface area contributed by atoms with Gasteiger partial charge in [-0.05, 0) is 43.7 Å². The van der Waals surface area contributed by atoms with Crippen molar-refractivity contribution in [2.75, 3.05) is 31.1 Å². The van der Waals surface area contributed by atoms with Crippen LogP contribution in [0.5, 0.6) is 5.75 Å². The maximum atomic E-state index is 12.4. The molecule has 0 bridgehead atoms. The largest absolute Gasteiger partial charge is 0.495 e. The number of hydrogen-bond donors (Lipinski definition) is 2. The Morgan fingerprint density at radius 1 is 1.10 bits per heavy atom. The van der Waals surface area contributed by atoms with Crippen LogP contribution in [0.25, 0.3) is 0 Å². The van der Waals surface area contributed by atoms with Crippen LogP contribution in [0.1, 0.15) is 13.8 Å². The molecule has 3 aromatic rings. The fourth-order valence-electron chi connectivity index (χ4n) is 2.81. The zero-order valence-electron chi connectivity index (χ0n) is 18.1. The van der Waals surface area contributed by atoms with Crippen molar-refractivity contribution in [2.45, 2.75) is 24.0 Å². The van der Waals surface area contributed by atoms with Gasteiger partial charge in [-0.3, -0.25) is 0 Å². The van der Waals surface area contributed by atoms with Crippen LogP contribution in [0.4, 0.5) is 23.1 Å². The number of nitrogens with one attached hydrogen (secondary N) is 2. The van der Waals surface area contributed by atoms with Crippen molar-refractivity contribution in [3.8, 4) is 5.75 Å². The van der Waals surface area contributed by atoms with Crippen LogP contribution in [0.3, 0.4) is 0 Å². The lowest BCUT2D eigenvalue weighted by Gasteiger charge is -2.16. The molecule has 0 saturated carbocycles. The summed E-state index contributed by atoms with van der Waals surface area (Å²) in [5, 5.41) is 8.08. The normalized spacial score (nSPS) is 11.5. The Bertz CT molecular complexity index is 1120. The predicted molar refractivity (Wildman–Crippen MR) is 133 cm³/mol. The van der Waals surface area contributed by atoms with Gasteiger partial charge in [0.25, 0.3) is 0 Å². The molecule has 0 aliphatic carbocycles. The molecule has 9 heteroatoms. The molecule has 0 amide bonds. The van der Waals surface area contributed by atoms with Crippen molar-refractivity contribution in [3.05, 3.63) is 53.7 Å². The van der Waals surface area contributed by atoms with Gasteiger partial charge >= 0.3 is 0 Å². The van der Waals surface area contributed by atoms with Crippen molar-refractivity contribution in [1.82, 2.24) is 9.97 Å². The number of para-hydroxylation sites is 1. The molecule has 2 N–H and O–H groups in total. The zero-order valence-corrected chi connectivity index (χ0v) is 20.6. The summed E-state index contributed by atoms with van der Waals surface area (Å²) in [6, 6.07) is 13.4. The van der Waals surface area contributed by atoms with E-state index in [9.17, 15) is 4.57 Å². The first-order valence-electron chi connectivity index (χ1n) is 9.73. The molecule has 0 aliphatic rings. The summed E-state index contributed by atoms with van der Waals surface area (Å²) in [6.07, 6.45) is 1.55. The van der Waals surface area contributed by atoms with E-state index in [1.165, 1.54) is 0 Å². The lowest BCUT2D eigenvalue weighted by molar-refractivity contribution is 0.417. The number of aromatic nitrogens is 2. The van der Waals surface area contributed by atoms with E-state index in [0.29, 0.717) is 33.5 Å². The van der Waals surface area contributed by atoms with Crippen LogP contribution in [0, 0.1) is 0 Å². The van der Waals surface area contributed by atoms with E-state index < -0.39 is 7.14 Å². The molecule has 3 rings (SSSR count). The van der Waals surface area contributed by atoms with Gasteiger partial charge in [0.1, 0.15) is 17.9 Å². The zero-order chi connectivity index (χ0) is 22.6. The number of hydrogen-bond acceptors (Lipinski definition) is 7. The van der Waals surface area contributed by atoms with Crippen LogP contribution < -0.4 is 20.7 Å². The molecule has 0 spiro atoms.